The number of carbonyl (C=O) groups excluding carboxylic acids is 1. The largest absolute Gasteiger partial charge is 0.317 e. The fourth-order valence-electron chi connectivity index (χ4n) is 3.75. The normalized spacial score (nSPS) is 15.2. The smallest absolute Gasteiger partial charge is 0.252 e. The van der Waals surface area contributed by atoms with Crippen LogP contribution in [0.4, 0.5) is 4.39 Å². The summed E-state index contributed by atoms with van der Waals surface area (Å²) < 4.78 is 27.3. The zero-order valence-corrected chi connectivity index (χ0v) is 18.5. The minimum Gasteiger partial charge on any atom is -0.317 e. The van der Waals surface area contributed by atoms with Crippen LogP contribution in [0.2, 0.25) is 0 Å². The molecule has 1 unspecified atom stereocenters. The molecule has 0 aliphatic heterocycles. The maximum atomic E-state index is 14.1. The topological polar surface area (TPSA) is 75.4 Å². The minimum absolute atomic E-state index is 0.0466. The number of imidazole rings is 1. The van der Waals surface area contributed by atoms with Gasteiger partial charge in [-0.25, -0.2) is 14.4 Å². The summed E-state index contributed by atoms with van der Waals surface area (Å²) in [6.45, 7) is 1.84. The van der Waals surface area contributed by atoms with E-state index in [4.69, 9.17) is 0 Å². The SMILES string of the molecule is CC1=C(CC(=O)N(O)Cn2ccnc2)c2cc(F)ccc2/C1=C\c1ccc(S(C)=O)cc1. The van der Waals surface area contributed by atoms with Gasteiger partial charge in [-0.1, -0.05) is 18.2 Å². The molecule has 1 N–H and O–H groups in total. The number of rotatable bonds is 6. The molecule has 1 aromatic heterocycles. The predicted molar refractivity (Wildman–Crippen MR) is 121 cm³/mol. The van der Waals surface area contributed by atoms with Crippen molar-refractivity contribution in [2.75, 3.05) is 6.26 Å². The van der Waals surface area contributed by atoms with Gasteiger partial charge >= 0.3 is 0 Å². The molecule has 1 amide bonds. The molecule has 3 aromatic rings. The number of aromatic nitrogens is 2. The number of hydroxylamine groups is 2. The number of hydrogen-bond acceptors (Lipinski definition) is 4. The molecule has 0 spiro atoms. The summed E-state index contributed by atoms with van der Waals surface area (Å²) in [7, 11) is -1.06. The van der Waals surface area contributed by atoms with Crippen LogP contribution in [0.3, 0.4) is 0 Å². The van der Waals surface area contributed by atoms with Crippen molar-refractivity contribution in [2.45, 2.75) is 24.9 Å². The van der Waals surface area contributed by atoms with Crippen LogP contribution in [0.25, 0.3) is 17.2 Å². The van der Waals surface area contributed by atoms with Gasteiger partial charge in [-0.3, -0.25) is 14.2 Å². The molecule has 0 saturated heterocycles. The summed E-state index contributed by atoms with van der Waals surface area (Å²) in [6.07, 6.45) is 8.22. The van der Waals surface area contributed by atoms with E-state index in [2.05, 4.69) is 4.98 Å². The Balaban J connectivity index is 1.66. The lowest BCUT2D eigenvalue weighted by Crippen LogP contribution is -2.29. The Hall–Kier alpha value is -3.36. The molecule has 0 radical (unpaired) electrons. The van der Waals surface area contributed by atoms with E-state index in [9.17, 15) is 18.6 Å². The quantitative estimate of drug-likeness (QED) is 0.447. The molecule has 4 rings (SSSR count). The predicted octanol–water partition coefficient (Wildman–Crippen LogP) is 4.35. The van der Waals surface area contributed by atoms with Crippen molar-refractivity contribution in [3.63, 3.8) is 0 Å². The molecule has 0 bridgehead atoms. The second-order valence-corrected chi connectivity index (χ2v) is 8.94. The molecule has 164 valence electrons. The van der Waals surface area contributed by atoms with Crippen molar-refractivity contribution in [1.82, 2.24) is 14.6 Å². The van der Waals surface area contributed by atoms with E-state index in [1.807, 2.05) is 37.3 Å². The summed E-state index contributed by atoms with van der Waals surface area (Å²) in [5.74, 6) is -0.893. The third-order valence-electron chi connectivity index (χ3n) is 5.45. The average Bonchev–Trinajstić information content (AvgIpc) is 3.36. The maximum Gasteiger partial charge on any atom is 0.252 e. The monoisotopic (exact) mass is 451 g/mol. The Labute approximate surface area is 187 Å². The lowest BCUT2D eigenvalue weighted by molar-refractivity contribution is -0.171. The van der Waals surface area contributed by atoms with E-state index in [1.165, 1.54) is 18.5 Å². The van der Waals surface area contributed by atoms with Gasteiger partial charge in [0.2, 0.25) is 0 Å². The number of amides is 1. The first kappa shape index (κ1) is 21.9. The first-order valence-corrected chi connectivity index (χ1v) is 11.5. The fourth-order valence-corrected chi connectivity index (χ4v) is 4.27. The first-order chi connectivity index (χ1) is 15.3. The van der Waals surface area contributed by atoms with Crippen molar-refractivity contribution < 1.29 is 18.6 Å². The Morgan fingerprint density at radius 3 is 2.62 bits per heavy atom. The zero-order valence-electron chi connectivity index (χ0n) is 17.7. The number of fused-ring (bicyclic) bond motifs is 1. The van der Waals surface area contributed by atoms with E-state index >= 15 is 0 Å². The molecule has 8 heteroatoms. The minimum atomic E-state index is -1.06. The molecule has 1 heterocycles. The molecule has 0 fully saturated rings. The summed E-state index contributed by atoms with van der Waals surface area (Å²) >= 11 is 0. The van der Waals surface area contributed by atoms with E-state index in [0.29, 0.717) is 16.2 Å². The molecule has 1 aliphatic rings. The van der Waals surface area contributed by atoms with Gasteiger partial charge in [-0.15, -0.1) is 0 Å². The number of hydrogen-bond donors (Lipinski definition) is 1. The maximum absolute atomic E-state index is 14.1. The number of carbonyl (C=O) groups is 1. The molecule has 0 saturated carbocycles. The van der Waals surface area contributed by atoms with E-state index in [1.54, 1.807) is 29.3 Å². The van der Waals surface area contributed by atoms with Crippen LogP contribution in [-0.2, 0) is 22.3 Å². The standard InChI is InChI=1S/C24H22FN3O3S/c1-16-21(11-17-3-6-19(7-4-17)32(2)31)20-8-5-18(25)12-23(20)22(16)13-24(29)28(30)15-27-10-9-26-14-27/h3-12,14,30H,13,15H2,1-2H3/b21-11-. The molecule has 1 atom stereocenters. The summed E-state index contributed by atoms with van der Waals surface area (Å²) in [5.41, 5.74) is 4.77. The van der Waals surface area contributed by atoms with Gasteiger partial charge in [-0.05, 0) is 70.7 Å². The van der Waals surface area contributed by atoms with Crippen LogP contribution >= 0.6 is 0 Å². The molecule has 1 aliphatic carbocycles. The summed E-state index contributed by atoms with van der Waals surface area (Å²) in [5, 5.41) is 10.8. The molecule has 32 heavy (non-hydrogen) atoms. The van der Waals surface area contributed by atoms with Gasteiger partial charge in [0.1, 0.15) is 12.5 Å². The molecule has 6 nitrogen and oxygen atoms in total. The highest BCUT2D eigenvalue weighted by Gasteiger charge is 2.27. The van der Waals surface area contributed by atoms with E-state index in [-0.39, 0.29) is 13.1 Å². The van der Waals surface area contributed by atoms with Crippen molar-refractivity contribution in [3.05, 3.63) is 89.3 Å². The first-order valence-electron chi connectivity index (χ1n) is 9.94. The van der Waals surface area contributed by atoms with Gasteiger partial charge < -0.3 is 4.57 Å². The van der Waals surface area contributed by atoms with Crippen molar-refractivity contribution >= 4 is 33.9 Å². The Bertz CT molecular complexity index is 1250. The molecular formula is C24H22FN3O3S. The summed E-state index contributed by atoms with van der Waals surface area (Å²) in [6, 6.07) is 11.9. The highest BCUT2D eigenvalue weighted by Crippen LogP contribution is 2.44. The van der Waals surface area contributed by atoms with Gasteiger partial charge in [0.25, 0.3) is 5.91 Å². The third-order valence-corrected chi connectivity index (χ3v) is 6.38. The van der Waals surface area contributed by atoms with Crippen LogP contribution in [0, 0.1) is 5.82 Å². The van der Waals surface area contributed by atoms with Gasteiger partial charge in [-0.2, -0.15) is 0 Å². The number of allylic oxidation sites excluding steroid dienone is 2. The van der Waals surface area contributed by atoms with Crippen molar-refractivity contribution in [1.29, 1.82) is 0 Å². The molecule has 2 aromatic carbocycles. The zero-order chi connectivity index (χ0) is 22.8. The summed E-state index contributed by atoms with van der Waals surface area (Å²) in [4.78, 5) is 17.3. The van der Waals surface area contributed by atoms with Gasteiger partial charge in [0, 0.05) is 34.3 Å². The Morgan fingerprint density at radius 2 is 1.97 bits per heavy atom. The lowest BCUT2D eigenvalue weighted by Gasteiger charge is -2.16. The Morgan fingerprint density at radius 1 is 1.22 bits per heavy atom. The Kier molecular flexibility index (Phi) is 6.16. The van der Waals surface area contributed by atoms with Crippen LogP contribution in [-0.4, -0.2) is 36.2 Å². The van der Waals surface area contributed by atoms with Gasteiger partial charge in [0.05, 0.1) is 12.7 Å². The fraction of sp³-hybridized carbons (Fsp3) is 0.167. The van der Waals surface area contributed by atoms with Crippen LogP contribution in [0.15, 0.2) is 71.7 Å². The number of benzene rings is 2. The number of nitrogens with zero attached hydrogens (tertiary/aromatic N) is 3. The second kappa shape index (κ2) is 9.02. The van der Waals surface area contributed by atoms with E-state index in [0.717, 1.165) is 27.2 Å². The van der Waals surface area contributed by atoms with Crippen molar-refractivity contribution in [2.24, 2.45) is 0 Å². The highest BCUT2D eigenvalue weighted by atomic mass is 32.2. The van der Waals surface area contributed by atoms with Crippen LogP contribution in [0.1, 0.15) is 30.0 Å². The van der Waals surface area contributed by atoms with Crippen LogP contribution in [0.5, 0.6) is 0 Å². The number of halogens is 1. The highest BCUT2D eigenvalue weighted by molar-refractivity contribution is 7.84. The van der Waals surface area contributed by atoms with Crippen LogP contribution < -0.4 is 0 Å². The second-order valence-electron chi connectivity index (χ2n) is 7.56. The van der Waals surface area contributed by atoms with Crippen molar-refractivity contribution in [3.8, 4) is 0 Å². The van der Waals surface area contributed by atoms with Gasteiger partial charge in [0.15, 0.2) is 0 Å². The van der Waals surface area contributed by atoms with E-state index < -0.39 is 22.5 Å². The average molecular weight is 452 g/mol. The lowest BCUT2D eigenvalue weighted by atomic mass is 10.0. The third kappa shape index (κ3) is 4.46. The molecular weight excluding hydrogens is 429 g/mol.